The van der Waals surface area contributed by atoms with Gasteiger partial charge in [0.2, 0.25) is 17.8 Å². The van der Waals surface area contributed by atoms with E-state index in [2.05, 4.69) is 20.6 Å². The van der Waals surface area contributed by atoms with Gasteiger partial charge in [0, 0.05) is 31.3 Å². The number of hydrogen-bond donors (Lipinski definition) is 2. The molecule has 0 bridgehead atoms. The summed E-state index contributed by atoms with van der Waals surface area (Å²) >= 11 is 12.9. The highest BCUT2D eigenvalue weighted by Gasteiger charge is 2.20. The number of benzene rings is 3. The third-order valence-electron chi connectivity index (χ3n) is 6.85. The van der Waals surface area contributed by atoms with E-state index in [1.165, 1.54) is 26.2 Å². The predicted octanol–water partition coefficient (Wildman–Crippen LogP) is 6.40. The number of anilines is 4. The number of para-hydroxylation sites is 1. The molecule has 1 amide bonds. The Bertz CT molecular complexity index is 1980. The molecule has 3 aromatic carbocycles. The van der Waals surface area contributed by atoms with Crippen LogP contribution in [0.3, 0.4) is 0 Å². The van der Waals surface area contributed by atoms with Crippen molar-refractivity contribution in [3.05, 3.63) is 76.9 Å². The highest BCUT2D eigenvalue weighted by molar-refractivity contribution is 7.91. The summed E-state index contributed by atoms with van der Waals surface area (Å²) in [6, 6.07) is 17.4. The summed E-state index contributed by atoms with van der Waals surface area (Å²) in [5.41, 5.74) is 3.27. The maximum atomic E-state index is 12.5. The van der Waals surface area contributed by atoms with Gasteiger partial charge in [-0.15, -0.1) is 0 Å². The fraction of sp³-hybridized carbons (Fsp3) is 0.200. The largest absolute Gasteiger partial charge is 0.495 e. The molecule has 0 spiro atoms. The van der Waals surface area contributed by atoms with Crippen LogP contribution in [0.1, 0.15) is 13.8 Å². The molecule has 44 heavy (non-hydrogen) atoms. The van der Waals surface area contributed by atoms with Crippen LogP contribution in [0, 0.1) is 0 Å². The summed E-state index contributed by atoms with van der Waals surface area (Å²) in [4.78, 5) is 27.9. The minimum absolute atomic E-state index is 0.0351. The summed E-state index contributed by atoms with van der Waals surface area (Å²) < 4.78 is 32.2. The average molecular weight is 655 g/mol. The van der Waals surface area contributed by atoms with Crippen molar-refractivity contribution in [3.63, 3.8) is 0 Å². The molecule has 0 aliphatic rings. The maximum Gasteiger partial charge on any atom is 0.229 e. The van der Waals surface area contributed by atoms with Crippen molar-refractivity contribution in [2.24, 2.45) is 0 Å². The topological polar surface area (TPSA) is 131 Å². The van der Waals surface area contributed by atoms with Gasteiger partial charge < -0.3 is 15.0 Å². The Balaban J connectivity index is 1.50. The predicted molar refractivity (Wildman–Crippen MR) is 174 cm³/mol. The second kappa shape index (κ2) is 12.7. The van der Waals surface area contributed by atoms with Crippen molar-refractivity contribution in [2.45, 2.75) is 25.4 Å². The number of methoxy groups -OCH3 is 1. The van der Waals surface area contributed by atoms with Crippen LogP contribution in [0.4, 0.5) is 23.4 Å². The molecule has 11 nitrogen and oxygen atoms in total. The molecule has 0 aliphatic heterocycles. The van der Waals surface area contributed by atoms with Gasteiger partial charge in [-0.1, -0.05) is 54.4 Å². The molecule has 0 aliphatic carbocycles. The monoisotopic (exact) mass is 653 g/mol. The van der Waals surface area contributed by atoms with Crippen LogP contribution in [0.2, 0.25) is 10.0 Å². The van der Waals surface area contributed by atoms with Crippen molar-refractivity contribution in [3.8, 4) is 16.9 Å². The van der Waals surface area contributed by atoms with Crippen LogP contribution in [0.5, 0.6) is 5.75 Å². The molecule has 5 rings (SSSR count). The second-order valence-corrected chi connectivity index (χ2v) is 12.9. The lowest BCUT2D eigenvalue weighted by molar-refractivity contribution is -0.114. The average Bonchev–Trinajstić information content (AvgIpc) is 3.34. The Kier molecular flexibility index (Phi) is 8.95. The maximum absolute atomic E-state index is 12.5. The minimum atomic E-state index is -3.44. The van der Waals surface area contributed by atoms with Crippen molar-refractivity contribution in [2.75, 3.05) is 35.4 Å². The Morgan fingerprint density at radius 3 is 2.52 bits per heavy atom. The first kappa shape index (κ1) is 31.0. The molecule has 0 atom stereocenters. The molecule has 2 heterocycles. The molecule has 228 valence electrons. The Morgan fingerprint density at radius 2 is 1.80 bits per heavy atom. The highest BCUT2D eigenvalue weighted by atomic mass is 35.5. The molecule has 0 saturated heterocycles. The number of hydrogen-bond acceptors (Lipinski definition) is 9. The van der Waals surface area contributed by atoms with Gasteiger partial charge >= 0.3 is 0 Å². The number of carbonyl (C=O) groups excluding carboxylic acids is 1. The number of aromatic nitrogens is 4. The molecule has 0 unspecified atom stereocenters. The van der Waals surface area contributed by atoms with Gasteiger partial charge in [-0.05, 0) is 36.4 Å². The Morgan fingerprint density at radius 1 is 1.05 bits per heavy atom. The van der Waals surface area contributed by atoms with Gasteiger partial charge in [-0.25, -0.2) is 18.4 Å². The van der Waals surface area contributed by atoms with Gasteiger partial charge in [0.15, 0.2) is 9.84 Å². The molecular weight excluding hydrogens is 625 g/mol. The van der Waals surface area contributed by atoms with Crippen LogP contribution in [-0.2, 0) is 21.3 Å². The standard InChI is InChI=1S/C30H29Cl2N7O4S/c1-5-44(41,42)19-12-13-25(43-4)23(16-19)35-29-33-15-14-26(36-29)38(3)17-39-24-11-7-9-21(20-8-6-10-22(31)27(20)32)28(24)37-30(39)34-18(2)40/h6-16H,5,17H2,1-4H3,(H,33,35,36)(H,34,37,40). The summed E-state index contributed by atoms with van der Waals surface area (Å²) in [6.07, 6.45) is 1.58. The summed E-state index contributed by atoms with van der Waals surface area (Å²) in [5, 5.41) is 6.73. The molecule has 0 radical (unpaired) electrons. The molecule has 5 aromatic rings. The minimum Gasteiger partial charge on any atom is -0.495 e. The summed E-state index contributed by atoms with van der Waals surface area (Å²) in [6.45, 7) is 3.26. The number of nitrogens with zero attached hydrogens (tertiary/aromatic N) is 5. The third-order valence-corrected chi connectivity index (χ3v) is 9.40. The summed E-state index contributed by atoms with van der Waals surface area (Å²) in [5.74, 6) is 1.24. The Labute approximate surface area is 264 Å². The first-order valence-electron chi connectivity index (χ1n) is 13.5. The second-order valence-electron chi connectivity index (χ2n) is 9.79. The number of carbonyl (C=O) groups is 1. The quantitative estimate of drug-likeness (QED) is 0.176. The van der Waals surface area contributed by atoms with E-state index >= 15 is 0 Å². The SMILES string of the molecule is CCS(=O)(=O)c1ccc(OC)c(Nc2nccc(N(C)Cn3c(NC(C)=O)nc4c(-c5cccc(Cl)c5Cl)cccc43)n2)c1. The van der Waals surface area contributed by atoms with Crippen molar-refractivity contribution >= 4 is 73.4 Å². The van der Waals surface area contributed by atoms with E-state index in [1.807, 2.05) is 46.8 Å². The molecule has 2 N–H and O–H groups in total. The molecule has 0 saturated carbocycles. The Hall–Kier alpha value is -4.39. The number of sulfone groups is 1. The van der Waals surface area contributed by atoms with Gasteiger partial charge in [0.25, 0.3) is 0 Å². The normalized spacial score (nSPS) is 11.4. The van der Waals surface area contributed by atoms with E-state index < -0.39 is 9.84 Å². The van der Waals surface area contributed by atoms with Crippen LogP contribution in [0.15, 0.2) is 71.8 Å². The van der Waals surface area contributed by atoms with Crippen LogP contribution >= 0.6 is 23.2 Å². The van der Waals surface area contributed by atoms with E-state index in [-0.39, 0.29) is 29.2 Å². The lowest BCUT2D eigenvalue weighted by Gasteiger charge is -2.21. The van der Waals surface area contributed by atoms with Crippen LogP contribution in [0.25, 0.3) is 22.2 Å². The molecule has 0 fully saturated rings. The third kappa shape index (κ3) is 6.28. The molecule has 14 heteroatoms. The van der Waals surface area contributed by atoms with Crippen LogP contribution < -0.4 is 20.3 Å². The van der Waals surface area contributed by atoms with E-state index in [0.717, 1.165) is 16.6 Å². The number of fused-ring (bicyclic) bond motifs is 1. The van der Waals surface area contributed by atoms with Gasteiger partial charge in [0.05, 0.1) is 51.2 Å². The highest BCUT2D eigenvalue weighted by Crippen LogP contribution is 2.38. The fourth-order valence-corrected chi connectivity index (χ4v) is 5.95. The zero-order valence-electron chi connectivity index (χ0n) is 24.3. The van der Waals surface area contributed by atoms with E-state index in [9.17, 15) is 13.2 Å². The number of ether oxygens (including phenoxy) is 1. The van der Waals surface area contributed by atoms with E-state index in [1.54, 1.807) is 31.3 Å². The van der Waals surface area contributed by atoms with Gasteiger partial charge in [0.1, 0.15) is 11.6 Å². The number of amides is 1. The fourth-order valence-electron chi connectivity index (χ4n) is 4.64. The molecular formula is C30H29Cl2N7O4S. The van der Waals surface area contributed by atoms with Crippen molar-refractivity contribution in [1.29, 1.82) is 0 Å². The van der Waals surface area contributed by atoms with Crippen molar-refractivity contribution < 1.29 is 17.9 Å². The number of halogens is 2. The smallest absolute Gasteiger partial charge is 0.229 e. The van der Waals surface area contributed by atoms with Gasteiger partial charge in [-0.2, -0.15) is 4.98 Å². The lowest BCUT2D eigenvalue weighted by Crippen LogP contribution is -2.24. The first-order valence-corrected chi connectivity index (χ1v) is 15.9. The van der Waals surface area contributed by atoms with Crippen LogP contribution in [-0.4, -0.2) is 53.8 Å². The van der Waals surface area contributed by atoms with E-state index in [4.69, 9.17) is 32.9 Å². The zero-order chi connectivity index (χ0) is 31.6. The number of rotatable bonds is 10. The summed E-state index contributed by atoms with van der Waals surface area (Å²) in [7, 11) is -0.113. The lowest BCUT2D eigenvalue weighted by atomic mass is 10.0. The zero-order valence-corrected chi connectivity index (χ0v) is 26.6. The number of imidazole rings is 1. The molecule has 2 aromatic heterocycles. The van der Waals surface area contributed by atoms with Gasteiger partial charge in [-0.3, -0.25) is 14.7 Å². The first-order chi connectivity index (χ1) is 21.0. The number of nitrogens with one attached hydrogen (secondary N) is 2. The van der Waals surface area contributed by atoms with Crippen molar-refractivity contribution in [1.82, 2.24) is 19.5 Å². The van der Waals surface area contributed by atoms with E-state index in [0.29, 0.717) is 38.8 Å².